The van der Waals surface area contributed by atoms with Crippen molar-refractivity contribution in [3.05, 3.63) is 52.3 Å². The number of carbonyl (C=O) groups is 1. The molecule has 4 aromatic rings. The number of anilines is 1. The zero-order chi connectivity index (χ0) is 14.4. The van der Waals surface area contributed by atoms with Crippen molar-refractivity contribution in [1.82, 2.24) is 9.38 Å². The van der Waals surface area contributed by atoms with E-state index in [0.29, 0.717) is 4.88 Å². The Bertz CT molecular complexity index is 964. The highest BCUT2D eigenvalue weighted by molar-refractivity contribution is 7.21. The number of imidazole rings is 1. The Morgan fingerprint density at radius 3 is 3.10 bits per heavy atom. The zero-order valence-corrected chi connectivity index (χ0v) is 12.8. The van der Waals surface area contributed by atoms with Crippen LogP contribution >= 0.6 is 22.7 Å². The Morgan fingerprint density at radius 1 is 1.33 bits per heavy atom. The molecule has 0 unspecified atom stereocenters. The third-order valence-corrected chi connectivity index (χ3v) is 5.01. The number of amides is 1. The molecule has 0 aliphatic rings. The zero-order valence-electron chi connectivity index (χ0n) is 11.2. The number of hydrogen-bond donors (Lipinski definition) is 1. The molecule has 0 spiro atoms. The van der Waals surface area contributed by atoms with Gasteiger partial charge < -0.3 is 5.32 Å². The molecule has 4 nitrogen and oxygen atoms in total. The fourth-order valence-electron chi connectivity index (χ4n) is 2.28. The molecule has 3 aromatic heterocycles. The van der Waals surface area contributed by atoms with E-state index in [1.807, 2.05) is 53.2 Å². The number of aromatic nitrogens is 2. The van der Waals surface area contributed by atoms with Gasteiger partial charge in [-0.15, -0.1) is 22.7 Å². The van der Waals surface area contributed by atoms with Gasteiger partial charge in [0.25, 0.3) is 5.91 Å². The van der Waals surface area contributed by atoms with E-state index in [2.05, 4.69) is 10.3 Å². The van der Waals surface area contributed by atoms with E-state index in [1.54, 1.807) is 11.3 Å². The van der Waals surface area contributed by atoms with Crippen LogP contribution in [0.4, 0.5) is 5.69 Å². The van der Waals surface area contributed by atoms with Gasteiger partial charge in [0, 0.05) is 17.3 Å². The third-order valence-electron chi connectivity index (χ3n) is 3.24. The SMILES string of the molecule is Cc1cccc(NC(=O)c2cc3c(nc4sccn43)s2)c1. The second-order valence-corrected chi connectivity index (χ2v) is 6.70. The summed E-state index contributed by atoms with van der Waals surface area (Å²) in [6.07, 6.45) is 1.98. The quantitative estimate of drug-likeness (QED) is 0.603. The number of rotatable bonds is 2. The first kappa shape index (κ1) is 12.6. The summed E-state index contributed by atoms with van der Waals surface area (Å²) >= 11 is 3.02. The van der Waals surface area contributed by atoms with Crippen LogP contribution < -0.4 is 5.32 Å². The van der Waals surface area contributed by atoms with Crippen LogP contribution in [-0.2, 0) is 0 Å². The predicted octanol–water partition coefficient (Wildman–Crippen LogP) is 4.17. The monoisotopic (exact) mass is 313 g/mol. The second kappa shape index (κ2) is 4.68. The van der Waals surface area contributed by atoms with E-state index in [1.165, 1.54) is 11.3 Å². The molecule has 104 valence electrons. The summed E-state index contributed by atoms with van der Waals surface area (Å²) in [6.45, 7) is 2.00. The summed E-state index contributed by atoms with van der Waals surface area (Å²) in [5, 5.41) is 4.92. The Hall–Kier alpha value is -2.18. The highest BCUT2D eigenvalue weighted by Gasteiger charge is 2.15. The van der Waals surface area contributed by atoms with Crippen molar-refractivity contribution in [3.8, 4) is 0 Å². The van der Waals surface area contributed by atoms with Crippen LogP contribution in [-0.4, -0.2) is 15.3 Å². The van der Waals surface area contributed by atoms with E-state index < -0.39 is 0 Å². The molecule has 3 heterocycles. The number of benzene rings is 1. The molecule has 0 saturated heterocycles. The maximum atomic E-state index is 12.3. The normalized spacial score (nSPS) is 11.3. The van der Waals surface area contributed by atoms with Gasteiger partial charge in [0.15, 0.2) is 4.96 Å². The first-order chi connectivity index (χ1) is 10.2. The van der Waals surface area contributed by atoms with Crippen LogP contribution in [0.2, 0.25) is 0 Å². The van der Waals surface area contributed by atoms with Crippen LogP contribution in [0.25, 0.3) is 15.3 Å². The van der Waals surface area contributed by atoms with E-state index in [0.717, 1.165) is 26.6 Å². The van der Waals surface area contributed by atoms with Crippen molar-refractivity contribution in [2.45, 2.75) is 6.92 Å². The highest BCUT2D eigenvalue weighted by atomic mass is 32.1. The van der Waals surface area contributed by atoms with Crippen molar-refractivity contribution in [3.63, 3.8) is 0 Å². The molecule has 4 rings (SSSR count). The predicted molar refractivity (Wildman–Crippen MR) is 87.6 cm³/mol. The largest absolute Gasteiger partial charge is 0.321 e. The van der Waals surface area contributed by atoms with Gasteiger partial charge in [-0.1, -0.05) is 12.1 Å². The van der Waals surface area contributed by atoms with Gasteiger partial charge >= 0.3 is 0 Å². The standard InChI is InChI=1S/C15H11N3OS2/c1-9-3-2-4-10(7-9)16-13(19)12-8-11-14(21-12)17-15-18(11)5-6-20-15/h2-8H,1H3,(H,16,19). The molecule has 6 heteroatoms. The minimum Gasteiger partial charge on any atom is -0.321 e. The summed E-state index contributed by atoms with van der Waals surface area (Å²) in [7, 11) is 0. The van der Waals surface area contributed by atoms with Gasteiger partial charge in [-0.3, -0.25) is 9.20 Å². The highest BCUT2D eigenvalue weighted by Crippen LogP contribution is 2.28. The average Bonchev–Trinajstić information content (AvgIpc) is 3.09. The molecule has 21 heavy (non-hydrogen) atoms. The van der Waals surface area contributed by atoms with Gasteiger partial charge in [-0.25, -0.2) is 4.98 Å². The Labute approximate surface area is 128 Å². The maximum absolute atomic E-state index is 12.3. The molecule has 0 atom stereocenters. The van der Waals surface area contributed by atoms with E-state index in [9.17, 15) is 4.79 Å². The van der Waals surface area contributed by atoms with Crippen molar-refractivity contribution in [1.29, 1.82) is 0 Å². The average molecular weight is 313 g/mol. The molecule has 0 aliphatic heterocycles. The molecule has 0 aliphatic carbocycles. The molecular weight excluding hydrogens is 302 g/mol. The maximum Gasteiger partial charge on any atom is 0.265 e. The smallest absolute Gasteiger partial charge is 0.265 e. The Morgan fingerprint density at radius 2 is 2.24 bits per heavy atom. The minimum absolute atomic E-state index is 0.0902. The lowest BCUT2D eigenvalue weighted by Crippen LogP contribution is -2.10. The molecule has 0 saturated carbocycles. The number of aryl methyl sites for hydroxylation is 1. The first-order valence-corrected chi connectivity index (χ1v) is 8.13. The number of nitrogens with one attached hydrogen (secondary N) is 1. The molecule has 0 bridgehead atoms. The molecule has 1 N–H and O–H groups in total. The van der Waals surface area contributed by atoms with E-state index in [4.69, 9.17) is 0 Å². The fraction of sp³-hybridized carbons (Fsp3) is 0.0667. The number of hydrogen-bond acceptors (Lipinski definition) is 4. The van der Waals surface area contributed by atoms with Crippen molar-refractivity contribution < 1.29 is 4.79 Å². The number of nitrogens with zero attached hydrogens (tertiary/aromatic N) is 2. The Balaban J connectivity index is 1.68. The summed E-state index contributed by atoms with van der Waals surface area (Å²) < 4.78 is 2.01. The van der Waals surface area contributed by atoms with Crippen LogP contribution in [0.5, 0.6) is 0 Å². The molecular formula is C15H11N3OS2. The molecule has 1 aromatic carbocycles. The molecule has 0 radical (unpaired) electrons. The topological polar surface area (TPSA) is 46.4 Å². The van der Waals surface area contributed by atoms with Crippen LogP contribution in [0.15, 0.2) is 41.9 Å². The van der Waals surface area contributed by atoms with Gasteiger partial charge in [-0.05, 0) is 30.7 Å². The van der Waals surface area contributed by atoms with Crippen molar-refractivity contribution in [2.24, 2.45) is 0 Å². The van der Waals surface area contributed by atoms with Crippen LogP contribution in [0.1, 0.15) is 15.2 Å². The minimum atomic E-state index is -0.0902. The Kier molecular flexibility index (Phi) is 2.80. The summed E-state index contributed by atoms with van der Waals surface area (Å²) in [5.41, 5.74) is 2.93. The lowest BCUT2D eigenvalue weighted by molar-refractivity contribution is 0.103. The van der Waals surface area contributed by atoms with Crippen LogP contribution in [0, 0.1) is 6.92 Å². The van der Waals surface area contributed by atoms with Gasteiger partial charge in [0.1, 0.15) is 4.83 Å². The second-order valence-electron chi connectivity index (χ2n) is 4.79. The van der Waals surface area contributed by atoms with Gasteiger partial charge in [0.2, 0.25) is 0 Å². The number of carbonyl (C=O) groups excluding carboxylic acids is 1. The van der Waals surface area contributed by atoms with E-state index in [-0.39, 0.29) is 5.91 Å². The summed E-state index contributed by atoms with van der Waals surface area (Å²) in [6, 6.07) is 9.68. The summed E-state index contributed by atoms with van der Waals surface area (Å²) in [5.74, 6) is -0.0902. The third kappa shape index (κ3) is 2.12. The molecule has 0 fully saturated rings. The molecule has 1 amide bonds. The van der Waals surface area contributed by atoms with Gasteiger partial charge in [0.05, 0.1) is 10.4 Å². The van der Waals surface area contributed by atoms with Crippen molar-refractivity contribution >= 4 is 49.6 Å². The van der Waals surface area contributed by atoms with Crippen LogP contribution in [0.3, 0.4) is 0 Å². The fourth-order valence-corrected chi connectivity index (χ4v) is 3.97. The lowest BCUT2D eigenvalue weighted by atomic mass is 10.2. The number of thiophene rings is 1. The number of thiazole rings is 1. The van der Waals surface area contributed by atoms with E-state index >= 15 is 0 Å². The summed E-state index contributed by atoms with van der Waals surface area (Å²) in [4.78, 5) is 19.4. The number of fused-ring (bicyclic) bond motifs is 3. The van der Waals surface area contributed by atoms with Crippen molar-refractivity contribution in [2.75, 3.05) is 5.32 Å². The van der Waals surface area contributed by atoms with Gasteiger partial charge in [-0.2, -0.15) is 0 Å². The first-order valence-electron chi connectivity index (χ1n) is 6.44. The lowest BCUT2D eigenvalue weighted by Gasteiger charge is -2.03.